The number of carbonyl (C=O) groups excluding carboxylic acids is 2. The van der Waals surface area contributed by atoms with Gasteiger partial charge in [0, 0.05) is 18.8 Å². The maximum Gasteiger partial charge on any atom is 0.302 e. The Hall–Kier alpha value is -1.56. The van der Waals surface area contributed by atoms with Crippen molar-refractivity contribution in [1.82, 2.24) is 0 Å². The third kappa shape index (κ3) is 2.82. The number of fused-ring (bicyclic) bond motifs is 5. The molecule has 0 radical (unpaired) electrons. The molecule has 0 bridgehead atoms. The summed E-state index contributed by atoms with van der Waals surface area (Å²) in [5.74, 6) is 2.32. The van der Waals surface area contributed by atoms with Gasteiger partial charge >= 0.3 is 5.97 Å². The van der Waals surface area contributed by atoms with E-state index in [0.29, 0.717) is 17.6 Å². The van der Waals surface area contributed by atoms with Crippen LogP contribution in [0.25, 0.3) is 0 Å². The largest absolute Gasteiger partial charge is 0.462 e. The molecule has 6 atom stereocenters. The number of hydrogen-bond acceptors (Lipinski definition) is 3. The zero-order chi connectivity index (χ0) is 19.1. The summed E-state index contributed by atoms with van der Waals surface area (Å²) in [6.07, 6.45) is 18.8. The molecule has 0 aliphatic heterocycles. The number of ketones is 1. The molecule has 4 aliphatic carbocycles. The molecule has 0 aromatic carbocycles. The molecule has 0 aromatic rings. The third-order valence-corrected chi connectivity index (χ3v) is 8.18. The highest BCUT2D eigenvalue weighted by atomic mass is 16.5. The van der Waals surface area contributed by atoms with Crippen LogP contribution in [-0.4, -0.2) is 17.9 Å². The fourth-order valence-corrected chi connectivity index (χ4v) is 6.91. The minimum Gasteiger partial charge on any atom is -0.462 e. The molecular weight excluding hydrogens is 324 g/mol. The van der Waals surface area contributed by atoms with E-state index in [-0.39, 0.29) is 22.9 Å². The second-order valence-electron chi connectivity index (χ2n) is 9.19. The third-order valence-electron chi connectivity index (χ3n) is 8.18. The van der Waals surface area contributed by atoms with Crippen molar-refractivity contribution >= 4 is 11.8 Å². The van der Waals surface area contributed by atoms with Gasteiger partial charge in [-0.2, -0.15) is 0 Å². The molecule has 4 aliphatic rings. The van der Waals surface area contributed by atoms with Crippen molar-refractivity contribution < 1.29 is 14.3 Å². The molecule has 142 valence electrons. The summed E-state index contributed by atoms with van der Waals surface area (Å²) in [5.41, 5.74) is 1.82. The van der Waals surface area contributed by atoms with Gasteiger partial charge in [-0.25, -0.2) is 0 Å². The number of esters is 1. The number of rotatable bonds is 1. The van der Waals surface area contributed by atoms with E-state index in [9.17, 15) is 9.59 Å². The first-order chi connectivity index (χ1) is 12.3. The molecule has 0 aromatic heterocycles. The Morgan fingerprint density at radius 2 is 1.81 bits per heavy atom. The van der Waals surface area contributed by atoms with E-state index >= 15 is 0 Å². The zero-order valence-corrected chi connectivity index (χ0v) is 16.4. The van der Waals surface area contributed by atoms with Gasteiger partial charge in [0.25, 0.3) is 0 Å². The minimum atomic E-state index is -0.129. The van der Waals surface area contributed by atoms with E-state index in [1.165, 1.54) is 24.8 Å². The maximum absolute atomic E-state index is 11.9. The highest BCUT2D eigenvalue weighted by molar-refractivity contribution is 5.91. The molecule has 26 heavy (non-hydrogen) atoms. The van der Waals surface area contributed by atoms with Gasteiger partial charge in [0.2, 0.25) is 0 Å². The van der Waals surface area contributed by atoms with Crippen molar-refractivity contribution in [3.8, 4) is 12.8 Å². The molecule has 3 saturated carbocycles. The molecular formula is C23H32O3. The van der Waals surface area contributed by atoms with Crippen molar-refractivity contribution in [3.05, 3.63) is 11.6 Å². The number of ether oxygens (including phenoxy) is 1. The SMILES string of the molecule is C#C.CC(=O)OC1CCC2C3CCC4=CC(=O)CCC4(C)C3CCC12C. The summed E-state index contributed by atoms with van der Waals surface area (Å²) in [4.78, 5) is 23.4. The van der Waals surface area contributed by atoms with E-state index in [1.807, 2.05) is 6.08 Å². The van der Waals surface area contributed by atoms with Crippen LogP contribution in [0.1, 0.15) is 72.1 Å². The first-order valence-electron chi connectivity index (χ1n) is 10.1. The fraction of sp³-hybridized carbons (Fsp3) is 0.739. The predicted molar refractivity (Wildman–Crippen MR) is 102 cm³/mol. The van der Waals surface area contributed by atoms with E-state index < -0.39 is 0 Å². The normalized spacial score (nSPS) is 43.7. The van der Waals surface area contributed by atoms with Gasteiger partial charge in [0.05, 0.1) is 0 Å². The standard InChI is InChI=1S/C21H30O3.C2H2/c1-13(22)24-19-7-6-17-16-5-4-14-12-15(23)8-10-20(14,2)18(16)9-11-21(17,19)3;1-2/h12,16-19H,4-11H2,1-3H3;1-2H. The lowest BCUT2D eigenvalue weighted by molar-refractivity contribution is -0.157. The van der Waals surface area contributed by atoms with E-state index in [0.717, 1.165) is 38.0 Å². The summed E-state index contributed by atoms with van der Waals surface area (Å²) in [6.45, 7) is 6.33. The zero-order valence-electron chi connectivity index (χ0n) is 16.4. The van der Waals surface area contributed by atoms with Crippen molar-refractivity contribution in [3.63, 3.8) is 0 Å². The summed E-state index contributed by atoms with van der Waals surface area (Å²) in [6, 6.07) is 0. The highest BCUT2D eigenvalue weighted by Crippen LogP contribution is 2.65. The van der Waals surface area contributed by atoms with Gasteiger partial charge in [0.15, 0.2) is 5.78 Å². The van der Waals surface area contributed by atoms with Gasteiger partial charge in [0.1, 0.15) is 6.10 Å². The summed E-state index contributed by atoms with van der Waals surface area (Å²) in [5, 5.41) is 0. The molecule has 3 fully saturated rings. The maximum atomic E-state index is 11.9. The van der Waals surface area contributed by atoms with Crippen molar-refractivity contribution in [2.45, 2.75) is 78.2 Å². The fourth-order valence-electron chi connectivity index (χ4n) is 6.91. The molecule has 4 rings (SSSR count). The molecule has 0 amide bonds. The Morgan fingerprint density at radius 3 is 2.50 bits per heavy atom. The van der Waals surface area contributed by atoms with E-state index in [2.05, 4.69) is 26.7 Å². The number of allylic oxidation sites excluding steroid dienone is 1. The summed E-state index contributed by atoms with van der Waals surface area (Å²) < 4.78 is 5.71. The second kappa shape index (κ2) is 6.87. The topological polar surface area (TPSA) is 43.4 Å². The Bertz CT molecular complexity index is 645. The van der Waals surface area contributed by atoms with Gasteiger partial charge in [-0.1, -0.05) is 19.4 Å². The smallest absolute Gasteiger partial charge is 0.302 e. The first-order valence-corrected chi connectivity index (χ1v) is 10.1. The Morgan fingerprint density at radius 1 is 1.08 bits per heavy atom. The minimum absolute atomic E-state index is 0.110. The Balaban J connectivity index is 0.000000948. The molecule has 3 nitrogen and oxygen atoms in total. The molecule has 6 unspecified atom stereocenters. The summed E-state index contributed by atoms with van der Waals surface area (Å²) >= 11 is 0. The first kappa shape index (κ1) is 19.2. The summed E-state index contributed by atoms with van der Waals surface area (Å²) in [7, 11) is 0. The average Bonchev–Trinajstić information content (AvgIpc) is 2.93. The molecule has 0 heterocycles. The van der Waals surface area contributed by atoms with Gasteiger partial charge < -0.3 is 4.74 Å². The van der Waals surface area contributed by atoms with E-state index in [1.54, 1.807) is 6.92 Å². The van der Waals surface area contributed by atoms with Gasteiger partial charge in [-0.05, 0) is 74.2 Å². The Labute approximate surface area is 157 Å². The predicted octanol–water partition coefficient (Wildman–Crippen LogP) is 4.70. The van der Waals surface area contributed by atoms with Crippen LogP contribution in [0.2, 0.25) is 0 Å². The molecule has 3 heteroatoms. The Kier molecular flexibility index (Phi) is 5.08. The van der Waals surface area contributed by atoms with Crippen LogP contribution in [0.3, 0.4) is 0 Å². The molecule has 0 saturated heterocycles. The van der Waals surface area contributed by atoms with E-state index in [4.69, 9.17) is 4.74 Å². The lowest BCUT2D eigenvalue weighted by Crippen LogP contribution is -2.51. The van der Waals surface area contributed by atoms with Crippen LogP contribution in [0, 0.1) is 41.4 Å². The lowest BCUT2D eigenvalue weighted by Gasteiger charge is -2.57. The van der Waals surface area contributed by atoms with Crippen molar-refractivity contribution in [1.29, 1.82) is 0 Å². The van der Waals surface area contributed by atoms with Gasteiger partial charge in [-0.3, -0.25) is 9.59 Å². The molecule has 0 N–H and O–H groups in total. The van der Waals surface area contributed by atoms with Crippen molar-refractivity contribution in [2.75, 3.05) is 0 Å². The number of hydrogen-bond donors (Lipinski definition) is 0. The average molecular weight is 357 g/mol. The van der Waals surface area contributed by atoms with Crippen LogP contribution < -0.4 is 0 Å². The lowest BCUT2D eigenvalue weighted by atomic mass is 9.47. The quantitative estimate of drug-likeness (QED) is 0.505. The van der Waals surface area contributed by atoms with Crippen LogP contribution in [0.15, 0.2) is 11.6 Å². The second-order valence-corrected chi connectivity index (χ2v) is 9.19. The van der Waals surface area contributed by atoms with Crippen LogP contribution in [0.5, 0.6) is 0 Å². The van der Waals surface area contributed by atoms with Crippen LogP contribution in [-0.2, 0) is 14.3 Å². The van der Waals surface area contributed by atoms with Crippen molar-refractivity contribution in [2.24, 2.45) is 28.6 Å². The highest BCUT2D eigenvalue weighted by Gasteiger charge is 2.59. The van der Waals surface area contributed by atoms with Crippen LogP contribution >= 0.6 is 0 Å². The van der Waals surface area contributed by atoms with Gasteiger partial charge in [-0.15, -0.1) is 12.8 Å². The number of terminal acetylenes is 1. The molecule has 0 spiro atoms. The van der Waals surface area contributed by atoms with Crippen LogP contribution in [0.4, 0.5) is 0 Å². The number of carbonyl (C=O) groups is 2. The monoisotopic (exact) mass is 356 g/mol.